The number of benzene rings is 2. The van der Waals surface area contributed by atoms with Crippen LogP contribution in [0.4, 0.5) is 0 Å². The summed E-state index contributed by atoms with van der Waals surface area (Å²) in [4.78, 5) is 10.1. The molecule has 1 unspecified atom stereocenters. The van der Waals surface area contributed by atoms with E-state index in [9.17, 15) is 4.21 Å². The first-order valence-electron chi connectivity index (χ1n) is 7.75. The summed E-state index contributed by atoms with van der Waals surface area (Å²) in [5, 5.41) is 6.02. The van der Waals surface area contributed by atoms with E-state index in [1.807, 2.05) is 0 Å². The van der Waals surface area contributed by atoms with Crippen molar-refractivity contribution in [1.29, 1.82) is 0 Å². The van der Waals surface area contributed by atoms with Crippen LogP contribution in [0.1, 0.15) is 11.1 Å². The lowest BCUT2D eigenvalue weighted by Crippen LogP contribution is -1.97. The van der Waals surface area contributed by atoms with Gasteiger partial charge in [0.15, 0.2) is 0 Å². The smallest absolute Gasteiger partial charge is 0.143 e. The van der Waals surface area contributed by atoms with Gasteiger partial charge in [-0.1, -0.05) is 46.0 Å². The third kappa shape index (κ3) is 5.53. The van der Waals surface area contributed by atoms with Crippen LogP contribution in [-0.4, -0.2) is 15.4 Å². The maximum absolute atomic E-state index is 12.5. The second kappa shape index (κ2) is 9.33. The number of halogens is 3. The van der Waals surface area contributed by atoms with Crippen LogP contribution in [-0.2, 0) is 22.2 Å². The third-order valence-corrected chi connectivity index (χ3v) is 5.65. The van der Waals surface area contributed by atoms with Crippen LogP contribution in [0.25, 0.3) is 0 Å². The zero-order valence-corrected chi connectivity index (χ0v) is 16.9. The fraction of sp³-hybridized carbons (Fsp3) is 0.0526. The SMILES string of the molecule is O=S(c1ccc(Cl)cc1)c1ccc(C=NOCc2ccc(Cl)cc2Cl)cn1. The molecule has 2 aromatic carbocycles. The van der Waals surface area contributed by atoms with Crippen molar-refractivity contribution in [1.82, 2.24) is 4.98 Å². The van der Waals surface area contributed by atoms with E-state index >= 15 is 0 Å². The van der Waals surface area contributed by atoms with Crippen LogP contribution in [0, 0.1) is 0 Å². The minimum atomic E-state index is -1.37. The molecule has 0 saturated heterocycles. The monoisotopic (exact) mass is 438 g/mol. The molecule has 1 heterocycles. The normalized spacial score (nSPS) is 12.3. The van der Waals surface area contributed by atoms with Crippen LogP contribution >= 0.6 is 34.8 Å². The minimum absolute atomic E-state index is 0.221. The lowest BCUT2D eigenvalue weighted by molar-refractivity contribution is 0.132. The molecule has 138 valence electrons. The van der Waals surface area contributed by atoms with Crippen LogP contribution in [0.3, 0.4) is 0 Å². The quantitative estimate of drug-likeness (QED) is 0.362. The molecule has 0 spiro atoms. The Hall–Kier alpha value is -1.92. The van der Waals surface area contributed by atoms with E-state index in [0.29, 0.717) is 30.6 Å². The molecule has 0 aliphatic heterocycles. The Kier molecular flexibility index (Phi) is 6.85. The van der Waals surface area contributed by atoms with Gasteiger partial charge >= 0.3 is 0 Å². The highest BCUT2D eigenvalue weighted by molar-refractivity contribution is 7.85. The Bertz CT molecular complexity index is 977. The van der Waals surface area contributed by atoms with Crippen LogP contribution in [0.2, 0.25) is 15.1 Å². The van der Waals surface area contributed by atoms with E-state index in [1.165, 1.54) is 6.21 Å². The second-order valence-electron chi connectivity index (χ2n) is 5.40. The molecule has 0 radical (unpaired) electrons. The zero-order valence-electron chi connectivity index (χ0n) is 13.8. The van der Waals surface area contributed by atoms with Crippen molar-refractivity contribution >= 4 is 51.8 Å². The predicted molar refractivity (Wildman–Crippen MR) is 109 cm³/mol. The predicted octanol–water partition coefficient (Wildman–Crippen LogP) is 5.76. The molecule has 0 aliphatic carbocycles. The number of oxime groups is 1. The van der Waals surface area contributed by atoms with Gasteiger partial charge in [0.05, 0.1) is 6.21 Å². The van der Waals surface area contributed by atoms with Crippen molar-refractivity contribution in [2.24, 2.45) is 5.16 Å². The number of aromatic nitrogens is 1. The summed E-state index contributed by atoms with van der Waals surface area (Å²) in [7, 11) is -1.37. The standard InChI is InChI=1S/C19H13Cl3N2O2S/c20-15-4-6-17(7-5-15)27(25)19-8-1-13(10-23-19)11-24-26-12-14-2-3-16(21)9-18(14)22/h1-11H,12H2. The van der Waals surface area contributed by atoms with Gasteiger partial charge < -0.3 is 4.84 Å². The van der Waals surface area contributed by atoms with Crippen molar-refractivity contribution in [2.75, 3.05) is 0 Å². The summed E-state index contributed by atoms with van der Waals surface area (Å²) in [6, 6.07) is 15.4. The van der Waals surface area contributed by atoms with Crippen LogP contribution in [0.15, 0.2) is 75.9 Å². The first kappa shape index (κ1) is 19.8. The van der Waals surface area contributed by atoms with Crippen molar-refractivity contribution in [3.05, 3.63) is 87.0 Å². The van der Waals surface area contributed by atoms with Crippen LogP contribution < -0.4 is 0 Å². The van der Waals surface area contributed by atoms with E-state index < -0.39 is 10.8 Å². The van der Waals surface area contributed by atoms with Gasteiger partial charge in [-0.15, -0.1) is 0 Å². The number of pyridine rings is 1. The molecule has 4 nitrogen and oxygen atoms in total. The van der Waals surface area contributed by atoms with Crippen molar-refractivity contribution < 1.29 is 9.05 Å². The summed E-state index contributed by atoms with van der Waals surface area (Å²) >= 11 is 17.8. The average molecular weight is 440 g/mol. The number of hydrogen-bond donors (Lipinski definition) is 0. The van der Waals surface area contributed by atoms with Gasteiger partial charge in [0.1, 0.15) is 22.4 Å². The molecule has 0 N–H and O–H groups in total. The van der Waals surface area contributed by atoms with Gasteiger partial charge in [-0.25, -0.2) is 9.19 Å². The third-order valence-electron chi connectivity index (χ3n) is 3.49. The molecule has 0 fully saturated rings. The Morgan fingerprint density at radius 3 is 2.41 bits per heavy atom. The number of rotatable bonds is 6. The zero-order chi connectivity index (χ0) is 19.2. The average Bonchev–Trinajstić information content (AvgIpc) is 2.67. The van der Waals surface area contributed by atoms with Gasteiger partial charge in [0, 0.05) is 37.3 Å². The molecule has 3 rings (SSSR count). The second-order valence-corrected chi connectivity index (χ2v) is 8.10. The van der Waals surface area contributed by atoms with Gasteiger partial charge in [-0.3, -0.25) is 0 Å². The summed E-state index contributed by atoms with van der Waals surface area (Å²) in [6.07, 6.45) is 3.09. The van der Waals surface area contributed by atoms with Crippen molar-refractivity contribution in [3.8, 4) is 0 Å². The Morgan fingerprint density at radius 2 is 1.74 bits per heavy atom. The van der Waals surface area contributed by atoms with E-state index in [-0.39, 0.29) is 6.61 Å². The van der Waals surface area contributed by atoms with Crippen molar-refractivity contribution in [3.63, 3.8) is 0 Å². The Balaban J connectivity index is 1.59. The fourth-order valence-corrected chi connectivity index (χ4v) is 3.65. The molecule has 0 saturated carbocycles. The molecule has 27 heavy (non-hydrogen) atoms. The Labute approximate surface area is 174 Å². The van der Waals surface area contributed by atoms with E-state index in [1.54, 1.807) is 60.8 Å². The van der Waals surface area contributed by atoms with E-state index in [4.69, 9.17) is 39.6 Å². The largest absolute Gasteiger partial charge is 0.391 e. The number of hydrogen-bond acceptors (Lipinski definition) is 4. The van der Waals surface area contributed by atoms with E-state index in [0.717, 1.165) is 5.56 Å². The maximum atomic E-state index is 12.5. The first-order chi connectivity index (χ1) is 13.0. The molecule has 1 atom stereocenters. The highest BCUT2D eigenvalue weighted by Gasteiger charge is 2.08. The molecule has 0 amide bonds. The summed E-state index contributed by atoms with van der Waals surface area (Å²) in [5.74, 6) is 0. The molecule has 1 aromatic heterocycles. The molecule has 0 aliphatic rings. The molecule has 3 aromatic rings. The molecular formula is C19H13Cl3N2O2S. The maximum Gasteiger partial charge on any atom is 0.143 e. The highest BCUT2D eigenvalue weighted by Crippen LogP contribution is 2.21. The topological polar surface area (TPSA) is 51.5 Å². The van der Waals surface area contributed by atoms with Gasteiger partial charge in [0.25, 0.3) is 0 Å². The van der Waals surface area contributed by atoms with Crippen LogP contribution in [0.5, 0.6) is 0 Å². The lowest BCUT2D eigenvalue weighted by atomic mass is 10.2. The minimum Gasteiger partial charge on any atom is -0.391 e. The summed E-state index contributed by atoms with van der Waals surface area (Å²) in [5.41, 5.74) is 1.50. The first-order valence-corrected chi connectivity index (χ1v) is 10.0. The van der Waals surface area contributed by atoms with Crippen molar-refractivity contribution in [2.45, 2.75) is 16.5 Å². The highest BCUT2D eigenvalue weighted by atomic mass is 35.5. The molecule has 8 heteroatoms. The summed E-state index contributed by atoms with van der Waals surface area (Å²) in [6.45, 7) is 0.221. The van der Waals surface area contributed by atoms with Gasteiger partial charge in [-0.05, 0) is 48.5 Å². The Morgan fingerprint density at radius 1 is 1.00 bits per heavy atom. The van der Waals surface area contributed by atoms with E-state index in [2.05, 4.69) is 10.1 Å². The number of nitrogens with zero attached hydrogens (tertiary/aromatic N) is 2. The molecular weight excluding hydrogens is 427 g/mol. The lowest BCUT2D eigenvalue weighted by Gasteiger charge is -2.03. The fourth-order valence-electron chi connectivity index (χ4n) is 2.10. The summed E-state index contributed by atoms with van der Waals surface area (Å²) < 4.78 is 12.5. The van der Waals surface area contributed by atoms with Gasteiger partial charge in [0.2, 0.25) is 0 Å². The molecule has 0 bridgehead atoms. The van der Waals surface area contributed by atoms with Gasteiger partial charge in [-0.2, -0.15) is 0 Å².